The molecule has 1 atom stereocenters. The molecule has 1 aromatic heterocycles. The Hall–Kier alpha value is -0.840. The van der Waals surface area contributed by atoms with Gasteiger partial charge in [-0.05, 0) is 52.2 Å². The number of ether oxygens (including phenoxy) is 1. The zero-order valence-corrected chi connectivity index (χ0v) is 12.5. The van der Waals surface area contributed by atoms with Gasteiger partial charge in [-0.2, -0.15) is 0 Å². The molecule has 18 heavy (non-hydrogen) atoms. The fraction of sp³-hybridized carbons (Fsp3) is 0.286. The number of benzene rings is 1. The van der Waals surface area contributed by atoms with Gasteiger partial charge in [-0.25, -0.2) is 0 Å². The lowest BCUT2D eigenvalue weighted by Gasteiger charge is -2.11. The topological polar surface area (TPSA) is 29.5 Å². The summed E-state index contributed by atoms with van der Waals surface area (Å²) in [7, 11) is 0. The van der Waals surface area contributed by atoms with Crippen molar-refractivity contribution in [3.63, 3.8) is 0 Å². The van der Waals surface area contributed by atoms with Gasteiger partial charge in [0.05, 0.1) is 10.4 Å². The molecule has 0 fully saturated rings. The van der Waals surface area contributed by atoms with Crippen LogP contribution in [0.2, 0.25) is 0 Å². The summed E-state index contributed by atoms with van der Waals surface area (Å²) in [6.07, 6.45) is 0.386. The second kappa shape index (κ2) is 6.36. The first-order chi connectivity index (χ1) is 8.70. The predicted molar refractivity (Wildman–Crippen MR) is 78.3 cm³/mol. The zero-order valence-electron chi connectivity index (χ0n) is 10.1. The highest BCUT2D eigenvalue weighted by atomic mass is 79.9. The van der Waals surface area contributed by atoms with E-state index in [4.69, 9.17) is 4.74 Å². The molecular weight excluding hydrogens is 312 g/mol. The van der Waals surface area contributed by atoms with E-state index in [0.29, 0.717) is 6.61 Å². The van der Waals surface area contributed by atoms with Gasteiger partial charge in [0.1, 0.15) is 11.9 Å². The van der Waals surface area contributed by atoms with Crippen molar-refractivity contribution in [1.29, 1.82) is 0 Å². The molecule has 0 spiro atoms. The molecule has 1 aromatic carbocycles. The highest BCUT2D eigenvalue weighted by Crippen LogP contribution is 2.32. The Balaban J connectivity index is 2.17. The summed E-state index contributed by atoms with van der Waals surface area (Å²) in [5, 5.41) is 10.3. The van der Waals surface area contributed by atoms with E-state index < -0.39 is 6.10 Å². The molecule has 0 aliphatic heterocycles. The summed E-state index contributed by atoms with van der Waals surface area (Å²) >= 11 is 4.94. The zero-order chi connectivity index (χ0) is 13.0. The molecule has 0 radical (unpaired) electrons. The first-order valence-corrected chi connectivity index (χ1v) is 7.47. The van der Waals surface area contributed by atoms with Crippen molar-refractivity contribution in [2.75, 3.05) is 6.61 Å². The Morgan fingerprint density at radius 2 is 2.17 bits per heavy atom. The van der Waals surface area contributed by atoms with Crippen LogP contribution in [0.4, 0.5) is 0 Å². The second-order valence-electron chi connectivity index (χ2n) is 3.97. The summed E-state index contributed by atoms with van der Waals surface area (Å²) in [5.41, 5.74) is 0.859. The van der Waals surface area contributed by atoms with E-state index in [9.17, 15) is 5.11 Å². The Bertz CT molecular complexity index is 510. The maximum absolute atomic E-state index is 10.3. The monoisotopic (exact) mass is 326 g/mol. The predicted octanol–water partition coefficient (Wildman–Crippen LogP) is 4.38. The summed E-state index contributed by atoms with van der Waals surface area (Å²) in [4.78, 5) is 0.925. The smallest absolute Gasteiger partial charge is 0.119 e. The number of rotatable bonds is 5. The largest absolute Gasteiger partial charge is 0.494 e. The molecule has 2 aromatic rings. The minimum atomic E-state index is -0.591. The number of hydrogen-bond acceptors (Lipinski definition) is 3. The minimum Gasteiger partial charge on any atom is -0.494 e. The van der Waals surface area contributed by atoms with Crippen LogP contribution < -0.4 is 4.74 Å². The molecule has 2 nitrogen and oxygen atoms in total. The lowest BCUT2D eigenvalue weighted by atomic mass is 10.1. The van der Waals surface area contributed by atoms with E-state index in [1.54, 1.807) is 11.3 Å². The lowest BCUT2D eigenvalue weighted by molar-refractivity contribution is 0.223. The Labute approximate surface area is 119 Å². The van der Waals surface area contributed by atoms with Gasteiger partial charge in [0.2, 0.25) is 0 Å². The Kier molecular flexibility index (Phi) is 4.80. The molecule has 1 heterocycles. The van der Waals surface area contributed by atoms with E-state index in [2.05, 4.69) is 22.9 Å². The van der Waals surface area contributed by atoms with Crippen LogP contribution >= 0.6 is 27.3 Å². The van der Waals surface area contributed by atoms with Gasteiger partial charge < -0.3 is 9.84 Å². The quantitative estimate of drug-likeness (QED) is 0.883. The van der Waals surface area contributed by atoms with Crippen molar-refractivity contribution in [1.82, 2.24) is 0 Å². The van der Waals surface area contributed by atoms with Crippen LogP contribution in [0.3, 0.4) is 0 Å². The summed E-state index contributed by atoms with van der Waals surface area (Å²) in [5.74, 6) is 0.809. The molecule has 0 saturated carbocycles. The van der Waals surface area contributed by atoms with Gasteiger partial charge in [-0.15, -0.1) is 11.3 Å². The SMILES string of the molecule is CCCOc1cccc(C(O)c2ccc(Br)s2)c1. The van der Waals surface area contributed by atoms with Crippen molar-refractivity contribution < 1.29 is 9.84 Å². The maximum atomic E-state index is 10.3. The number of aliphatic hydroxyl groups is 1. The van der Waals surface area contributed by atoms with Crippen LogP contribution in [-0.2, 0) is 0 Å². The first kappa shape index (κ1) is 13.6. The van der Waals surface area contributed by atoms with Crippen LogP contribution in [0.1, 0.15) is 29.9 Å². The summed E-state index contributed by atoms with van der Waals surface area (Å²) < 4.78 is 6.59. The van der Waals surface area contributed by atoms with Gasteiger partial charge in [0.25, 0.3) is 0 Å². The van der Waals surface area contributed by atoms with Crippen LogP contribution in [0.15, 0.2) is 40.2 Å². The van der Waals surface area contributed by atoms with E-state index in [-0.39, 0.29) is 0 Å². The summed E-state index contributed by atoms with van der Waals surface area (Å²) in [6.45, 7) is 2.77. The molecule has 4 heteroatoms. The third-order valence-corrected chi connectivity index (χ3v) is 4.19. The maximum Gasteiger partial charge on any atom is 0.119 e. The lowest BCUT2D eigenvalue weighted by Crippen LogP contribution is -1.99. The minimum absolute atomic E-state index is 0.591. The van der Waals surface area contributed by atoms with Crippen LogP contribution in [0.25, 0.3) is 0 Å². The fourth-order valence-electron chi connectivity index (χ4n) is 1.63. The Morgan fingerprint density at radius 3 is 2.83 bits per heavy atom. The average Bonchev–Trinajstić information content (AvgIpc) is 2.82. The molecule has 0 amide bonds. The molecule has 1 N–H and O–H groups in total. The molecule has 0 aliphatic carbocycles. The van der Waals surface area contributed by atoms with Crippen LogP contribution in [0, 0.1) is 0 Å². The van der Waals surface area contributed by atoms with E-state index in [1.807, 2.05) is 36.4 Å². The number of hydrogen-bond donors (Lipinski definition) is 1. The van der Waals surface area contributed by atoms with Crippen LogP contribution in [0.5, 0.6) is 5.75 Å². The number of aliphatic hydroxyl groups excluding tert-OH is 1. The van der Waals surface area contributed by atoms with Gasteiger partial charge in [-0.1, -0.05) is 19.1 Å². The Morgan fingerprint density at radius 1 is 1.33 bits per heavy atom. The van der Waals surface area contributed by atoms with Gasteiger partial charge in [-0.3, -0.25) is 0 Å². The molecule has 2 rings (SSSR count). The molecule has 0 saturated heterocycles. The third-order valence-electron chi connectivity index (χ3n) is 2.51. The normalized spacial score (nSPS) is 12.4. The molecule has 1 unspecified atom stereocenters. The molecule has 0 bridgehead atoms. The van der Waals surface area contributed by atoms with E-state index in [1.165, 1.54) is 0 Å². The van der Waals surface area contributed by atoms with Crippen molar-refractivity contribution in [2.24, 2.45) is 0 Å². The summed E-state index contributed by atoms with van der Waals surface area (Å²) in [6, 6.07) is 11.5. The third kappa shape index (κ3) is 3.34. The highest BCUT2D eigenvalue weighted by molar-refractivity contribution is 9.11. The second-order valence-corrected chi connectivity index (χ2v) is 6.46. The van der Waals surface area contributed by atoms with Crippen molar-refractivity contribution in [2.45, 2.75) is 19.4 Å². The fourth-order valence-corrected chi connectivity index (χ4v) is 3.07. The molecule has 0 aliphatic rings. The number of halogens is 1. The van der Waals surface area contributed by atoms with Crippen molar-refractivity contribution in [3.05, 3.63) is 50.6 Å². The van der Waals surface area contributed by atoms with E-state index >= 15 is 0 Å². The van der Waals surface area contributed by atoms with Gasteiger partial charge in [0, 0.05) is 4.88 Å². The first-order valence-electron chi connectivity index (χ1n) is 5.86. The average molecular weight is 327 g/mol. The van der Waals surface area contributed by atoms with Gasteiger partial charge >= 0.3 is 0 Å². The van der Waals surface area contributed by atoms with E-state index in [0.717, 1.165) is 26.4 Å². The standard InChI is InChI=1S/C14H15BrO2S/c1-2-8-17-11-5-3-4-10(9-11)14(16)12-6-7-13(15)18-12/h3-7,9,14,16H,2,8H2,1H3. The molecule has 96 valence electrons. The van der Waals surface area contributed by atoms with Crippen molar-refractivity contribution in [3.8, 4) is 5.75 Å². The highest BCUT2D eigenvalue weighted by Gasteiger charge is 2.13. The number of thiophene rings is 1. The molecular formula is C14H15BrO2S. The van der Waals surface area contributed by atoms with Crippen molar-refractivity contribution >= 4 is 27.3 Å². The van der Waals surface area contributed by atoms with Gasteiger partial charge in [0.15, 0.2) is 0 Å². The van der Waals surface area contributed by atoms with Crippen LogP contribution in [-0.4, -0.2) is 11.7 Å².